The first-order valence-corrected chi connectivity index (χ1v) is 15.9. The van der Waals surface area contributed by atoms with Crippen LogP contribution >= 0.6 is 0 Å². The van der Waals surface area contributed by atoms with Crippen molar-refractivity contribution in [3.8, 4) is 5.88 Å². The fraction of sp³-hybridized carbons (Fsp3) is 0.727. The van der Waals surface area contributed by atoms with Crippen molar-refractivity contribution in [2.45, 2.75) is 130 Å². The molecule has 40 heavy (non-hydrogen) atoms. The molecule has 0 aliphatic heterocycles. The molecule has 3 rings (SSSR count). The molecule has 2 bridgehead atoms. The van der Waals surface area contributed by atoms with E-state index in [4.69, 9.17) is 19.2 Å². The minimum atomic E-state index is -0.717. The number of pyridine rings is 1. The van der Waals surface area contributed by atoms with Crippen molar-refractivity contribution in [1.82, 2.24) is 10.3 Å². The van der Waals surface area contributed by atoms with Crippen LogP contribution in [0.3, 0.4) is 0 Å². The van der Waals surface area contributed by atoms with Crippen LogP contribution in [0, 0.1) is 11.8 Å². The number of unbranched alkanes of at least 4 members (excludes halogenated alkanes) is 10. The molecule has 0 radical (unpaired) electrons. The number of carbonyl (C=O) groups excluding carboxylic acids is 2. The predicted molar refractivity (Wildman–Crippen MR) is 158 cm³/mol. The van der Waals surface area contributed by atoms with Gasteiger partial charge in [0.15, 0.2) is 0 Å². The highest BCUT2D eigenvalue weighted by Gasteiger charge is 2.50. The molecule has 224 valence electrons. The summed E-state index contributed by atoms with van der Waals surface area (Å²) in [6.07, 6.45) is 17.2. The summed E-state index contributed by atoms with van der Waals surface area (Å²) < 4.78 is 16.4. The van der Waals surface area contributed by atoms with Gasteiger partial charge in [0, 0.05) is 11.6 Å². The maximum atomic E-state index is 13.1. The lowest BCUT2D eigenvalue weighted by atomic mass is 9.59. The third kappa shape index (κ3) is 8.97. The van der Waals surface area contributed by atoms with Gasteiger partial charge in [0.25, 0.3) is 0 Å². The molecule has 0 saturated heterocycles. The molecular formula is C33H52N2O5. The molecule has 3 atom stereocenters. The largest absolute Gasteiger partial charge is 0.515 e. The summed E-state index contributed by atoms with van der Waals surface area (Å²) >= 11 is 0. The Morgan fingerprint density at radius 2 is 1.57 bits per heavy atom. The van der Waals surface area contributed by atoms with Crippen molar-refractivity contribution in [3.05, 3.63) is 35.0 Å². The highest BCUT2D eigenvalue weighted by Crippen LogP contribution is 2.52. The topological polar surface area (TPSA) is 86.8 Å². The van der Waals surface area contributed by atoms with Crippen LogP contribution < -0.4 is 10.1 Å². The van der Waals surface area contributed by atoms with E-state index in [1.807, 2.05) is 13.0 Å². The smallest absolute Gasteiger partial charge is 0.450 e. The molecule has 1 N–H and O–H groups in total. The van der Waals surface area contributed by atoms with E-state index in [9.17, 15) is 9.59 Å². The fourth-order valence-corrected chi connectivity index (χ4v) is 6.54. The number of aromatic nitrogens is 1. The third-order valence-electron chi connectivity index (χ3n) is 8.39. The van der Waals surface area contributed by atoms with Crippen molar-refractivity contribution in [2.24, 2.45) is 11.8 Å². The molecule has 0 aromatic carbocycles. The molecule has 2 aliphatic carbocycles. The number of fused-ring (bicyclic) bond motifs is 4. The van der Waals surface area contributed by atoms with Crippen molar-refractivity contribution in [2.75, 3.05) is 13.2 Å². The Labute approximate surface area is 241 Å². The minimum absolute atomic E-state index is 0.238. The van der Waals surface area contributed by atoms with Crippen LogP contribution in [-0.4, -0.2) is 30.4 Å². The lowest BCUT2D eigenvalue weighted by molar-refractivity contribution is 0.0955. The lowest BCUT2D eigenvalue weighted by Crippen LogP contribution is -2.55. The summed E-state index contributed by atoms with van der Waals surface area (Å²) in [7, 11) is 0. The van der Waals surface area contributed by atoms with Crippen LogP contribution in [0.2, 0.25) is 0 Å². The summed E-state index contributed by atoms with van der Waals surface area (Å²) in [4.78, 5) is 30.1. The first-order valence-electron chi connectivity index (χ1n) is 15.9. The number of hydrogen-bond donors (Lipinski definition) is 1. The van der Waals surface area contributed by atoms with E-state index in [1.165, 1.54) is 50.5 Å². The Kier molecular flexibility index (Phi) is 13.3. The van der Waals surface area contributed by atoms with Gasteiger partial charge in [-0.25, -0.2) is 14.6 Å². The Morgan fingerprint density at radius 1 is 0.950 bits per heavy atom. The molecule has 1 heterocycles. The van der Waals surface area contributed by atoms with Gasteiger partial charge in [-0.1, -0.05) is 91.1 Å². The average molecular weight is 557 g/mol. The second-order valence-electron chi connectivity index (χ2n) is 11.7. The highest BCUT2D eigenvalue weighted by molar-refractivity contribution is 5.71. The molecule has 1 fully saturated rings. The standard InChI is InChI=1S/C33H52N2O5/c1-5-8-10-12-14-16-20-38-31(36)35-33-24-25(4)22-26(27(33)7-3)23-29-28(33)18-19-30(34-29)40-32(37)39-21-17-15-13-11-9-6-2/h7,18-19,25-26H,5-6,8-17,20-24H2,1-4H3,(H,35,36)/b27-7+. The van der Waals surface area contributed by atoms with Gasteiger partial charge in [-0.3, -0.25) is 0 Å². The van der Waals surface area contributed by atoms with Gasteiger partial charge in [-0.2, -0.15) is 0 Å². The first-order chi connectivity index (χ1) is 19.4. The highest BCUT2D eigenvalue weighted by atomic mass is 16.7. The van der Waals surface area contributed by atoms with Gasteiger partial charge in [0.1, 0.15) is 0 Å². The quantitative estimate of drug-likeness (QED) is 0.124. The Hall–Kier alpha value is -2.57. The van der Waals surface area contributed by atoms with E-state index >= 15 is 0 Å². The van der Waals surface area contributed by atoms with Crippen molar-refractivity contribution in [1.29, 1.82) is 0 Å². The number of amides is 1. The number of nitrogens with zero attached hydrogens (tertiary/aromatic N) is 1. The molecule has 0 spiro atoms. The van der Waals surface area contributed by atoms with E-state index < -0.39 is 11.7 Å². The zero-order chi connectivity index (χ0) is 28.8. The number of hydrogen-bond acceptors (Lipinski definition) is 6. The van der Waals surface area contributed by atoms with Crippen molar-refractivity contribution in [3.63, 3.8) is 0 Å². The molecule has 2 aliphatic rings. The molecule has 3 unspecified atom stereocenters. The number of nitrogens with one attached hydrogen (secondary N) is 1. The zero-order valence-corrected chi connectivity index (χ0v) is 25.4. The summed E-state index contributed by atoms with van der Waals surface area (Å²) in [6.45, 7) is 9.48. The van der Waals surface area contributed by atoms with E-state index in [0.29, 0.717) is 19.1 Å². The Balaban J connectivity index is 1.63. The number of rotatable bonds is 16. The van der Waals surface area contributed by atoms with E-state index in [0.717, 1.165) is 62.6 Å². The van der Waals surface area contributed by atoms with Crippen LogP contribution in [0.1, 0.15) is 129 Å². The van der Waals surface area contributed by atoms with Crippen LogP contribution in [0.4, 0.5) is 9.59 Å². The molecule has 1 amide bonds. The molecule has 1 saturated carbocycles. The summed E-state index contributed by atoms with van der Waals surface area (Å²) in [5, 5.41) is 3.27. The first kappa shape index (κ1) is 32.0. The Morgan fingerprint density at radius 3 is 2.23 bits per heavy atom. The lowest BCUT2D eigenvalue weighted by Gasteiger charge is -2.50. The zero-order valence-electron chi connectivity index (χ0n) is 25.4. The molecule has 7 nitrogen and oxygen atoms in total. The predicted octanol–water partition coefficient (Wildman–Crippen LogP) is 8.79. The normalized spacial score (nSPS) is 22.4. The van der Waals surface area contributed by atoms with Gasteiger partial charge in [-0.05, 0) is 62.5 Å². The maximum Gasteiger partial charge on any atom is 0.515 e. The van der Waals surface area contributed by atoms with E-state index in [2.05, 4.69) is 32.2 Å². The summed E-state index contributed by atoms with van der Waals surface area (Å²) in [6, 6.07) is 3.66. The number of allylic oxidation sites excluding steroid dienone is 1. The second-order valence-corrected chi connectivity index (χ2v) is 11.7. The van der Waals surface area contributed by atoms with E-state index in [1.54, 1.807) is 6.07 Å². The van der Waals surface area contributed by atoms with Crippen LogP contribution in [-0.2, 0) is 21.4 Å². The Bertz CT molecular complexity index is 978. The molecular weight excluding hydrogens is 504 g/mol. The van der Waals surface area contributed by atoms with Gasteiger partial charge < -0.3 is 19.5 Å². The van der Waals surface area contributed by atoms with Crippen LogP contribution in [0.25, 0.3) is 0 Å². The van der Waals surface area contributed by atoms with Gasteiger partial charge >= 0.3 is 12.2 Å². The van der Waals surface area contributed by atoms with Crippen LogP contribution in [0.15, 0.2) is 23.8 Å². The second kappa shape index (κ2) is 16.6. The number of alkyl carbamates (subject to hydrolysis) is 1. The van der Waals surface area contributed by atoms with Gasteiger partial charge in [0.2, 0.25) is 5.88 Å². The SMILES string of the molecule is C/C=C1\C2Cc3nc(OC(=O)OCCCCCCCC)ccc3C1(NC(=O)OCCCCCCCC)CC(C)C2. The minimum Gasteiger partial charge on any atom is -0.450 e. The van der Waals surface area contributed by atoms with Gasteiger partial charge in [-0.15, -0.1) is 0 Å². The van der Waals surface area contributed by atoms with Gasteiger partial charge in [0.05, 0.1) is 24.4 Å². The summed E-state index contributed by atoms with van der Waals surface area (Å²) in [5.74, 6) is 0.943. The van der Waals surface area contributed by atoms with Crippen LogP contribution in [0.5, 0.6) is 5.88 Å². The monoisotopic (exact) mass is 556 g/mol. The summed E-state index contributed by atoms with van der Waals surface area (Å²) in [5.41, 5.74) is 2.39. The van der Waals surface area contributed by atoms with Crippen molar-refractivity contribution >= 4 is 12.2 Å². The fourth-order valence-electron chi connectivity index (χ4n) is 6.54. The molecule has 7 heteroatoms. The maximum absolute atomic E-state index is 13.1. The third-order valence-corrected chi connectivity index (χ3v) is 8.39. The number of carbonyl (C=O) groups is 2. The van der Waals surface area contributed by atoms with Crippen molar-refractivity contribution < 1.29 is 23.8 Å². The number of ether oxygens (including phenoxy) is 3. The van der Waals surface area contributed by atoms with E-state index in [-0.39, 0.29) is 17.9 Å². The molecule has 1 aromatic heterocycles. The average Bonchev–Trinajstić information content (AvgIpc) is 2.91. The molecule has 1 aromatic rings.